The Balaban J connectivity index is 3.81. The molecule has 62 valence electrons. The molecule has 0 amide bonds. The maximum atomic E-state index is 5.57. The molecular formula is C5H7Cl5. The Kier molecular flexibility index (Phi) is 5.91. The largest absolute Gasteiger partial charge is 0.194 e. The second-order valence-electron chi connectivity index (χ2n) is 1.87. The second kappa shape index (κ2) is 5.16. The van der Waals surface area contributed by atoms with Crippen LogP contribution in [0, 0.1) is 5.92 Å². The second-order valence-corrected chi connectivity index (χ2v) is 4.93. The van der Waals surface area contributed by atoms with Gasteiger partial charge in [-0.2, -0.15) is 0 Å². The summed E-state index contributed by atoms with van der Waals surface area (Å²) in [4.78, 5) is 0. The van der Waals surface area contributed by atoms with Crippen molar-refractivity contribution in [3.05, 3.63) is 0 Å². The molecule has 0 saturated heterocycles. The van der Waals surface area contributed by atoms with E-state index < -0.39 is 3.79 Å². The van der Waals surface area contributed by atoms with Crippen molar-refractivity contribution >= 4 is 58.0 Å². The number of halogens is 5. The van der Waals surface area contributed by atoms with Gasteiger partial charge >= 0.3 is 0 Å². The van der Waals surface area contributed by atoms with Crippen molar-refractivity contribution < 1.29 is 0 Å². The minimum absolute atomic E-state index is 0.156. The molecule has 5 heteroatoms. The Morgan fingerprint density at radius 3 is 1.70 bits per heavy atom. The van der Waals surface area contributed by atoms with Crippen LogP contribution in [0.3, 0.4) is 0 Å². The number of hydrogen-bond donors (Lipinski definition) is 0. The van der Waals surface area contributed by atoms with Crippen LogP contribution >= 0.6 is 58.0 Å². The van der Waals surface area contributed by atoms with Crippen molar-refractivity contribution in [2.24, 2.45) is 5.92 Å². The maximum absolute atomic E-state index is 5.57. The Morgan fingerprint density at radius 1 is 1.10 bits per heavy atom. The lowest BCUT2D eigenvalue weighted by atomic mass is 10.1. The summed E-state index contributed by atoms with van der Waals surface area (Å²) in [6, 6.07) is 0. The van der Waals surface area contributed by atoms with Crippen molar-refractivity contribution in [1.29, 1.82) is 0 Å². The molecule has 0 heterocycles. The molecule has 0 radical (unpaired) electrons. The van der Waals surface area contributed by atoms with E-state index in [4.69, 9.17) is 58.0 Å². The van der Waals surface area contributed by atoms with Gasteiger partial charge < -0.3 is 0 Å². The third-order valence-electron chi connectivity index (χ3n) is 1.11. The highest BCUT2D eigenvalue weighted by Crippen LogP contribution is 2.37. The van der Waals surface area contributed by atoms with Gasteiger partial charge in [0.1, 0.15) is 0 Å². The van der Waals surface area contributed by atoms with Gasteiger partial charge in [0.2, 0.25) is 0 Å². The third kappa shape index (κ3) is 4.35. The topological polar surface area (TPSA) is 0 Å². The molecule has 0 N–H and O–H groups in total. The van der Waals surface area contributed by atoms with E-state index in [0.717, 1.165) is 0 Å². The highest BCUT2D eigenvalue weighted by atomic mass is 35.6. The van der Waals surface area contributed by atoms with Crippen LogP contribution in [-0.4, -0.2) is 15.6 Å². The van der Waals surface area contributed by atoms with Gasteiger partial charge in [-0.1, -0.05) is 34.8 Å². The molecule has 0 aromatic carbocycles. The molecule has 0 spiro atoms. The molecule has 0 aromatic heterocycles. The van der Waals surface area contributed by atoms with Gasteiger partial charge in [0.05, 0.1) is 0 Å². The van der Waals surface area contributed by atoms with Gasteiger partial charge in [0, 0.05) is 17.7 Å². The fourth-order valence-corrected chi connectivity index (χ4v) is 1.90. The van der Waals surface area contributed by atoms with Crippen LogP contribution in [0.2, 0.25) is 0 Å². The van der Waals surface area contributed by atoms with E-state index in [1.165, 1.54) is 0 Å². The molecule has 0 aliphatic rings. The zero-order chi connectivity index (χ0) is 8.20. The lowest BCUT2D eigenvalue weighted by Crippen LogP contribution is -2.21. The van der Waals surface area contributed by atoms with Crippen molar-refractivity contribution in [1.82, 2.24) is 0 Å². The fourth-order valence-electron chi connectivity index (χ4n) is 0.460. The van der Waals surface area contributed by atoms with Crippen LogP contribution in [0.1, 0.15) is 6.42 Å². The van der Waals surface area contributed by atoms with Crippen LogP contribution in [0.5, 0.6) is 0 Å². The highest BCUT2D eigenvalue weighted by Gasteiger charge is 2.30. The monoisotopic (exact) mass is 242 g/mol. The summed E-state index contributed by atoms with van der Waals surface area (Å²) in [6.07, 6.45) is 0.627. The predicted octanol–water partition coefficient (Wildman–Crippen LogP) is 3.84. The van der Waals surface area contributed by atoms with Gasteiger partial charge in [-0.3, -0.25) is 0 Å². The molecule has 0 aromatic rings. The van der Waals surface area contributed by atoms with Crippen molar-refractivity contribution in [2.45, 2.75) is 10.2 Å². The Bertz CT molecular complexity index is 86.5. The van der Waals surface area contributed by atoms with E-state index in [-0.39, 0.29) is 5.92 Å². The van der Waals surface area contributed by atoms with E-state index >= 15 is 0 Å². The van der Waals surface area contributed by atoms with Gasteiger partial charge in [0.25, 0.3) is 0 Å². The molecule has 1 unspecified atom stereocenters. The molecule has 0 fully saturated rings. The van der Waals surface area contributed by atoms with Crippen LogP contribution in [0.4, 0.5) is 0 Å². The van der Waals surface area contributed by atoms with Crippen molar-refractivity contribution in [2.75, 3.05) is 11.8 Å². The molecule has 0 saturated carbocycles. The predicted molar refractivity (Wildman–Crippen MR) is 49.8 cm³/mol. The lowest BCUT2D eigenvalue weighted by Gasteiger charge is -2.20. The summed E-state index contributed by atoms with van der Waals surface area (Å²) < 4.78 is -1.28. The van der Waals surface area contributed by atoms with E-state index in [0.29, 0.717) is 18.2 Å². The zero-order valence-corrected chi connectivity index (χ0v) is 8.87. The van der Waals surface area contributed by atoms with Gasteiger partial charge in [0.15, 0.2) is 3.79 Å². The van der Waals surface area contributed by atoms with Crippen LogP contribution in [0.15, 0.2) is 0 Å². The van der Waals surface area contributed by atoms with E-state index in [1.54, 1.807) is 0 Å². The number of alkyl halides is 5. The van der Waals surface area contributed by atoms with Crippen molar-refractivity contribution in [3.63, 3.8) is 0 Å². The first-order chi connectivity index (χ1) is 4.52. The van der Waals surface area contributed by atoms with Crippen molar-refractivity contribution in [3.8, 4) is 0 Å². The van der Waals surface area contributed by atoms with Crippen LogP contribution in [-0.2, 0) is 0 Å². The molecule has 0 nitrogen and oxygen atoms in total. The van der Waals surface area contributed by atoms with E-state index in [9.17, 15) is 0 Å². The SMILES string of the molecule is ClCCC(CCl)C(Cl)(Cl)Cl. The summed E-state index contributed by atoms with van der Waals surface area (Å²) >= 11 is 27.7. The van der Waals surface area contributed by atoms with E-state index in [1.807, 2.05) is 0 Å². The summed E-state index contributed by atoms with van der Waals surface area (Å²) in [6.45, 7) is 0. The lowest BCUT2D eigenvalue weighted by molar-refractivity contribution is 0.586. The van der Waals surface area contributed by atoms with Gasteiger partial charge in [-0.05, 0) is 6.42 Å². The fraction of sp³-hybridized carbons (Fsp3) is 1.00. The third-order valence-corrected chi connectivity index (χ3v) is 2.62. The first-order valence-corrected chi connectivity index (χ1v) is 4.91. The van der Waals surface area contributed by atoms with Gasteiger partial charge in [-0.25, -0.2) is 0 Å². The molecule has 10 heavy (non-hydrogen) atoms. The number of rotatable bonds is 3. The number of hydrogen-bond acceptors (Lipinski definition) is 0. The molecule has 0 aliphatic carbocycles. The smallest absolute Gasteiger partial charge is 0.127 e. The quantitative estimate of drug-likeness (QED) is 0.662. The minimum Gasteiger partial charge on any atom is -0.127 e. The first kappa shape index (κ1) is 11.4. The molecule has 1 atom stereocenters. The zero-order valence-electron chi connectivity index (χ0n) is 5.09. The van der Waals surface area contributed by atoms with Crippen LogP contribution in [0.25, 0.3) is 0 Å². The molecule has 0 bridgehead atoms. The van der Waals surface area contributed by atoms with E-state index in [2.05, 4.69) is 0 Å². The average Bonchev–Trinajstić information content (AvgIpc) is 1.80. The summed E-state index contributed by atoms with van der Waals surface area (Å²) in [5, 5.41) is 0. The Labute approximate surface area is 85.7 Å². The Morgan fingerprint density at radius 2 is 1.60 bits per heavy atom. The molecular weight excluding hydrogens is 237 g/mol. The first-order valence-electron chi connectivity index (χ1n) is 2.71. The summed E-state index contributed by atoms with van der Waals surface area (Å²) in [5.41, 5.74) is 0. The average molecular weight is 244 g/mol. The molecule has 0 aliphatic heterocycles. The molecule has 0 rings (SSSR count). The summed E-state index contributed by atoms with van der Waals surface area (Å²) in [5.74, 6) is 0.630. The van der Waals surface area contributed by atoms with Gasteiger partial charge in [-0.15, -0.1) is 23.2 Å². The standard InChI is InChI=1S/C5H7Cl5/c6-2-1-4(3-7)5(8,9)10/h4H,1-3H2. The Hall–Kier alpha value is 1.45. The van der Waals surface area contributed by atoms with Crippen LogP contribution < -0.4 is 0 Å². The summed E-state index contributed by atoms with van der Waals surface area (Å²) in [7, 11) is 0. The maximum Gasteiger partial charge on any atom is 0.194 e. The normalized spacial score (nSPS) is 15.3. The minimum atomic E-state index is -1.28. The highest BCUT2D eigenvalue weighted by molar-refractivity contribution is 6.67.